The van der Waals surface area contributed by atoms with Crippen molar-refractivity contribution in [3.8, 4) is 0 Å². The van der Waals surface area contributed by atoms with Crippen LogP contribution in [0.15, 0.2) is 0 Å². The molecule has 2 amide bonds. The molecule has 3 rings (SSSR count). The molecular formula is C16H27N3O2. The van der Waals surface area contributed by atoms with Crippen molar-refractivity contribution >= 4 is 11.8 Å². The Balaban J connectivity index is 1.62. The van der Waals surface area contributed by atoms with Gasteiger partial charge in [0.2, 0.25) is 11.8 Å². The van der Waals surface area contributed by atoms with E-state index in [1.54, 1.807) is 0 Å². The van der Waals surface area contributed by atoms with Crippen molar-refractivity contribution in [3.05, 3.63) is 0 Å². The van der Waals surface area contributed by atoms with Crippen molar-refractivity contribution in [3.63, 3.8) is 0 Å². The van der Waals surface area contributed by atoms with E-state index >= 15 is 0 Å². The SMILES string of the molecule is CC1CCC(N)C(C(=O)N2CCC3NC(=O)CCC3C2)C1. The van der Waals surface area contributed by atoms with Crippen molar-refractivity contribution in [1.29, 1.82) is 0 Å². The van der Waals surface area contributed by atoms with E-state index in [2.05, 4.69) is 12.2 Å². The lowest BCUT2D eigenvalue weighted by atomic mass is 9.77. The van der Waals surface area contributed by atoms with Crippen LogP contribution in [0.5, 0.6) is 0 Å². The summed E-state index contributed by atoms with van der Waals surface area (Å²) in [4.78, 5) is 26.3. The Hall–Kier alpha value is -1.10. The van der Waals surface area contributed by atoms with Crippen LogP contribution >= 0.6 is 0 Å². The van der Waals surface area contributed by atoms with E-state index in [4.69, 9.17) is 5.73 Å². The second kappa shape index (κ2) is 5.95. The molecule has 0 spiro atoms. The third kappa shape index (κ3) is 3.07. The van der Waals surface area contributed by atoms with Gasteiger partial charge in [-0.25, -0.2) is 0 Å². The Labute approximate surface area is 126 Å². The van der Waals surface area contributed by atoms with Gasteiger partial charge in [0.25, 0.3) is 0 Å². The number of likely N-dealkylation sites (tertiary alicyclic amines) is 1. The Morgan fingerprint density at radius 3 is 2.90 bits per heavy atom. The molecule has 0 aromatic heterocycles. The number of hydrogen-bond donors (Lipinski definition) is 2. The second-order valence-electron chi connectivity index (χ2n) is 7.23. The zero-order chi connectivity index (χ0) is 15.0. The standard InChI is InChI=1S/C16H27N3O2/c1-10-2-4-13(17)12(8-10)16(21)19-7-6-14-11(9-19)3-5-15(20)18-14/h10-14H,2-9,17H2,1H3,(H,18,20). The summed E-state index contributed by atoms with van der Waals surface area (Å²) in [6, 6.07) is 0.298. The normalized spacial score (nSPS) is 40.4. The van der Waals surface area contributed by atoms with Gasteiger partial charge in [0.15, 0.2) is 0 Å². The predicted octanol–water partition coefficient (Wildman–Crippen LogP) is 0.877. The Bertz CT molecular complexity index is 426. The predicted molar refractivity (Wildman–Crippen MR) is 80.3 cm³/mol. The van der Waals surface area contributed by atoms with Gasteiger partial charge in [-0.1, -0.05) is 6.92 Å². The fourth-order valence-electron chi connectivity index (χ4n) is 4.23. The first-order valence-corrected chi connectivity index (χ1v) is 8.38. The first kappa shape index (κ1) is 14.8. The van der Waals surface area contributed by atoms with E-state index in [-0.39, 0.29) is 29.8 Å². The molecule has 0 aromatic rings. The van der Waals surface area contributed by atoms with Gasteiger partial charge < -0.3 is 16.0 Å². The average molecular weight is 293 g/mol. The summed E-state index contributed by atoms with van der Waals surface area (Å²) < 4.78 is 0. The molecule has 0 bridgehead atoms. The van der Waals surface area contributed by atoms with Crippen molar-refractivity contribution in [2.24, 2.45) is 23.5 Å². The van der Waals surface area contributed by atoms with E-state index < -0.39 is 0 Å². The quantitative estimate of drug-likeness (QED) is 0.753. The van der Waals surface area contributed by atoms with Gasteiger partial charge in [0.05, 0.1) is 5.92 Å². The summed E-state index contributed by atoms with van der Waals surface area (Å²) in [5.41, 5.74) is 6.19. The van der Waals surface area contributed by atoms with Gasteiger partial charge in [-0.2, -0.15) is 0 Å². The molecule has 2 heterocycles. The number of nitrogens with zero attached hydrogens (tertiary/aromatic N) is 1. The molecule has 5 unspecified atom stereocenters. The molecule has 3 N–H and O–H groups in total. The minimum Gasteiger partial charge on any atom is -0.353 e. The van der Waals surface area contributed by atoms with Crippen molar-refractivity contribution < 1.29 is 9.59 Å². The topological polar surface area (TPSA) is 75.4 Å². The molecule has 0 radical (unpaired) electrons. The molecule has 21 heavy (non-hydrogen) atoms. The van der Waals surface area contributed by atoms with Crippen LogP contribution in [0.4, 0.5) is 0 Å². The Kier molecular flexibility index (Phi) is 4.20. The molecule has 1 saturated carbocycles. The number of hydrogen-bond acceptors (Lipinski definition) is 3. The summed E-state index contributed by atoms with van der Waals surface area (Å²) in [7, 11) is 0. The molecule has 2 aliphatic heterocycles. The van der Waals surface area contributed by atoms with Crippen LogP contribution in [0.2, 0.25) is 0 Å². The van der Waals surface area contributed by atoms with Gasteiger partial charge in [0, 0.05) is 31.6 Å². The summed E-state index contributed by atoms with van der Waals surface area (Å²) in [6.45, 7) is 3.77. The number of carbonyl (C=O) groups excluding carboxylic acids is 2. The van der Waals surface area contributed by atoms with Crippen LogP contribution in [0.1, 0.15) is 45.4 Å². The van der Waals surface area contributed by atoms with Gasteiger partial charge in [-0.05, 0) is 43.9 Å². The number of fused-ring (bicyclic) bond motifs is 1. The molecule has 0 aromatic carbocycles. The molecule has 3 fully saturated rings. The van der Waals surface area contributed by atoms with E-state index in [1.807, 2.05) is 4.90 Å². The first-order chi connectivity index (χ1) is 10.0. The smallest absolute Gasteiger partial charge is 0.227 e. The van der Waals surface area contributed by atoms with E-state index in [0.29, 0.717) is 18.3 Å². The van der Waals surface area contributed by atoms with Crippen LogP contribution in [-0.2, 0) is 9.59 Å². The van der Waals surface area contributed by atoms with Crippen LogP contribution < -0.4 is 11.1 Å². The maximum Gasteiger partial charge on any atom is 0.227 e. The highest BCUT2D eigenvalue weighted by Gasteiger charge is 2.39. The molecule has 1 aliphatic carbocycles. The third-order valence-electron chi connectivity index (χ3n) is 5.62. The molecule has 5 heteroatoms. The molecule has 3 aliphatic rings. The summed E-state index contributed by atoms with van der Waals surface area (Å²) >= 11 is 0. The van der Waals surface area contributed by atoms with Gasteiger partial charge in [0.1, 0.15) is 0 Å². The molecular weight excluding hydrogens is 266 g/mol. The molecule has 2 saturated heterocycles. The van der Waals surface area contributed by atoms with E-state index in [0.717, 1.165) is 45.2 Å². The van der Waals surface area contributed by atoms with Crippen LogP contribution in [0.25, 0.3) is 0 Å². The number of piperidine rings is 2. The third-order valence-corrected chi connectivity index (χ3v) is 5.62. The minimum atomic E-state index is 0.00322. The monoisotopic (exact) mass is 293 g/mol. The highest BCUT2D eigenvalue weighted by molar-refractivity contribution is 5.80. The highest BCUT2D eigenvalue weighted by Crippen LogP contribution is 2.32. The maximum absolute atomic E-state index is 12.8. The minimum absolute atomic E-state index is 0.00322. The lowest BCUT2D eigenvalue weighted by molar-refractivity contribution is -0.140. The van der Waals surface area contributed by atoms with Gasteiger partial charge in [-0.15, -0.1) is 0 Å². The van der Waals surface area contributed by atoms with Crippen LogP contribution in [0, 0.1) is 17.8 Å². The number of carbonyl (C=O) groups is 2. The second-order valence-corrected chi connectivity index (χ2v) is 7.23. The van der Waals surface area contributed by atoms with Crippen LogP contribution in [-0.4, -0.2) is 41.9 Å². The maximum atomic E-state index is 12.8. The average Bonchev–Trinajstić information content (AvgIpc) is 2.48. The number of amides is 2. The van der Waals surface area contributed by atoms with Crippen molar-refractivity contribution in [2.45, 2.75) is 57.5 Å². The summed E-state index contributed by atoms with van der Waals surface area (Å²) in [5, 5.41) is 3.07. The number of rotatable bonds is 1. The molecule has 5 nitrogen and oxygen atoms in total. The fourth-order valence-corrected chi connectivity index (χ4v) is 4.23. The van der Waals surface area contributed by atoms with Crippen LogP contribution in [0.3, 0.4) is 0 Å². The summed E-state index contributed by atoms with van der Waals surface area (Å²) in [6.07, 6.45) is 5.44. The van der Waals surface area contributed by atoms with E-state index in [9.17, 15) is 9.59 Å². The lowest BCUT2D eigenvalue weighted by Crippen LogP contribution is -2.57. The molecule has 118 valence electrons. The highest BCUT2D eigenvalue weighted by atomic mass is 16.2. The Morgan fingerprint density at radius 1 is 1.29 bits per heavy atom. The summed E-state index contributed by atoms with van der Waals surface area (Å²) in [5.74, 6) is 1.45. The molecule has 5 atom stereocenters. The van der Waals surface area contributed by atoms with Gasteiger partial charge >= 0.3 is 0 Å². The lowest BCUT2D eigenvalue weighted by Gasteiger charge is -2.43. The first-order valence-electron chi connectivity index (χ1n) is 8.38. The van der Waals surface area contributed by atoms with Crippen molar-refractivity contribution in [1.82, 2.24) is 10.2 Å². The van der Waals surface area contributed by atoms with Gasteiger partial charge in [-0.3, -0.25) is 9.59 Å². The Morgan fingerprint density at radius 2 is 2.10 bits per heavy atom. The fraction of sp³-hybridized carbons (Fsp3) is 0.875. The zero-order valence-electron chi connectivity index (χ0n) is 12.9. The zero-order valence-corrected chi connectivity index (χ0v) is 12.9. The number of nitrogens with two attached hydrogens (primary N) is 1. The van der Waals surface area contributed by atoms with Crippen molar-refractivity contribution in [2.75, 3.05) is 13.1 Å². The number of nitrogens with one attached hydrogen (secondary N) is 1. The largest absolute Gasteiger partial charge is 0.353 e. The van der Waals surface area contributed by atoms with E-state index in [1.165, 1.54) is 0 Å².